The second-order valence-electron chi connectivity index (χ2n) is 8.24. The number of ether oxygens (including phenoxy) is 2. The highest BCUT2D eigenvalue weighted by atomic mass is 16.5. The molecule has 1 aliphatic carbocycles. The molecule has 2 aromatic carbocycles. The summed E-state index contributed by atoms with van der Waals surface area (Å²) in [5, 5.41) is 16.1. The molecule has 1 saturated heterocycles. The predicted molar refractivity (Wildman–Crippen MR) is 109 cm³/mol. The van der Waals surface area contributed by atoms with Crippen LogP contribution in [0.3, 0.4) is 0 Å². The Kier molecular flexibility index (Phi) is 4.52. The number of carbonyl (C=O) groups excluding carboxylic acids is 2. The first-order chi connectivity index (χ1) is 14.6. The summed E-state index contributed by atoms with van der Waals surface area (Å²) in [4.78, 5) is 25.6. The molecule has 7 heteroatoms. The first-order valence-electron chi connectivity index (χ1n) is 10.2. The third-order valence-corrected chi connectivity index (χ3v) is 6.65. The summed E-state index contributed by atoms with van der Waals surface area (Å²) in [6.07, 6.45) is 0. The number of hydrogen-bond donors (Lipinski definition) is 3. The monoisotopic (exact) mass is 408 g/mol. The van der Waals surface area contributed by atoms with Crippen molar-refractivity contribution in [2.45, 2.75) is 11.5 Å². The molecule has 3 atom stereocenters. The van der Waals surface area contributed by atoms with Gasteiger partial charge in [-0.15, -0.1) is 0 Å². The van der Waals surface area contributed by atoms with E-state index in [9.17, 15) is 14.7 Å². The van der Waals surface area contributed by atoms with Crippen molar-refractivity contribution in [2.24, 2.45) is 11.8 Å². The van der Waals surface area contributed by atoms with Gasteiger partial charge in [0.1, 0.15) is 12.4 Å². The fourth-order valence-electron chi connectivity index (χ4n) is 4.75. The second kappa shape index (κ2) is 7.11. The Bertz CT molecular complexity index is 998. The number of fused-ring (bicyclic) bond motifs is 2. The summed E-state index contributed by atoms with van der Waals surface area (Å²) in [5.74, 6) is 0.617. The van der Waals surface area contributed by atoms with Gasteiger partial charge in [0.25, 0.3) is 11.8 Å². The van der Waals surface area contributed by atoms with Crippen molar-refractivity contribution in [2.75, 3.05) is 33.5 Å². The van der Waals surface area contributed by atoms with E-state index >= 15 is 0 Å². The summed E-state index contributed by atoms with van der Waals surface area (Å²) < 4.78 is 11.3. The average Bonchev–Trinajstić information content (AvgIpc) is 3.14. The lowest BCUT2D eigenvalue weighted by atomic mass is 9.76. The number of nitrogens with one attached hydrogen (secondary N) is 2. The Balaban J connectivity index is 1.57. The third-order valence-electron chi connectivity index (χ3n) is 6.65. The molecule has 2 fully saturated rings. The Hall–Kier alpha value is -2.90. The first-order valence-corrected chi connectivity index (χ1v) is 10.2. The molecular formula is C23H24N2O5. The summed E-state index contributed by atoms with van der Waals surface area (Å²) >= 11 is 0. The van der Waals surface area contributed by atoms with E-state index in [0.717, 1.165) is 5.56 Å². The Morgan fingerprint density at radius 3 is 2.53 bits per heavy atom. The van der Waals surface area contributed by atoms with Crippen molar-refractivity contribution in [1.29, 1.82) is 0 Å². The molecule has 0 aromatic heterocycles. The number of amides is 2. The zero-order chi connectivity index (χ0) is 20.9. The fourth-order valence-corrected chi connectivity index (χ4v) is 4.75. The molecule has 2 aliphatic heterocycles. The average molecular weight is 408 g/mol. The molecule has 5 rings (SSSR count). The van der Waals surface area contributed by atoms with Crippen LogP contribution in [0.15, 0.2) is 42.5 Å². The van der Waals surface area contributed by atoms with Crippen molar-refractivity contribution in [1.82, 2.24) is 10.6 Å². The van der Waals surface area contributed by atoms with Crippen LogP contribution in [-0.4, -0.2) is 56.4 Å². The van der Waals surface area contributed by atoms with Crippen LogP contribution in [0.25, 0.3) is 0 Å². The van der Waals surface area contributed by atoms with Gasteiger partial charge in [0.2, 0.25) is 0 Å². The molecule has 0 bridgehead atoms. The van der Waals surface area contributed by atoms with Crippen LogP contribution < -0.4 is 15.4 Å². The van der Waals surface area contributed by atoms with Gasteiger partial charge in [0, 0.05) is 36.1 Å². The number of carbonyl (C=O) groups is 2. The van der Waals surface area contributed by atoms with Crippen LogP contribution in [0.5, 0.6) is 5.75 Å². The van der Waals surface area contributed by atoms with Gasteiger partial charge in [0.15, 0.2) is 0 Å². The van der Waals surface area contributed by atoms with Gasteiger partial charge in [-0.2, -0.15) is 0 Å². The van der Waals surface area contributed by atoms with Crippen molar-refractivity contribution < 1.29 is 24.2 Å². The van der Waals surface area contributed by atoms with Crippen molar-refractivity contribution in [3.05, 3.63) is 64.7 Å². The summed E-state index contributed by atoms with van der Waals surface area (Å²) in [7, 11) is 1.54. The lowest BCUT2D eigenvalue weighted by molar-refractivity contribution is 0.0928. The van der Waals surface area contributed by atoms with Crippen LogP contribution in [0.1, 0.15) is 31.8 Å². The van der Waals surface area contributed by atoms with Gasteiger partial charge >= 0.3 is 0 Å². The Morgan fingerprint density at radius 2 is 1.87 bits per heavy atom. The van der Waals surface area contributed by atoms with E-state index in [0.29, 0.717) is 47.5 Å². The van der Waals surface area contributed by atoms with Gasteiger partial charge in [-0.25, -0.2) is 0 Å². The number of aliphatic hydroxyl groups excluding tert-OH is 1. The van der Waals surface area contributed by atoms with Crippen LogP contribution in [0.2, 0.25) is 0 Å². The van der Waals surface area contributed by atoms with E-state index in [1.54, 1.807) is 12.1 Å². The molecule has 30 heavy (non-hydrogen) atoms. The molecule has 2 amide bonds. The van der Waals surface area contributed by atoms with E-state index in [1.807, 2.05) is 30.3 Å². The smallest absolute Gasteiger partial charge is 0.254 e. The molecule has 1 saturated carbocycles. The number of benzene rings is 2. The molecule has 2 heterocycles. The lowest BCUT2D eigenvalue weighted by Crippen LogP contribution is -2.34. The molecule has 3 aliphatic rings. The number of aliphatic hydroxyl groups is 1. The molecule has 2 aromatic rings. The van der Waals surface area contributed by atoms with E-state index < -0.39 is 5.41 Å². The minimum Gasteiger partial charge on any atom is -0.491 e. The van der Waals surface area contributed by atoms with Crippen LogP contribution in [0, 0.1) is 11.8 Å². The Morgan fingerprint density at radius 1 is 1.13 bits per heavy atom. The molecule has 7 nitrogen and oxygen atoms in total. The van der Waals surface area contributed by atoms with Crippen LogP contribution in [-0.2, 0) is 10.2 Å². The van der Waals surface area contributed by atoms with Crippen molar-refractivity contribution in [3.63, 3.8) is 0 Å². The highest BCUT2D eigenvalue weighted by Gasteiger charge is 2.55. The van der Waals surface area contributed by atoms with Gasteiger partial charge in [-0.1, -0.05) is 30.3 Å². The van der Waals surface area contributed by atoms with Crippen LogP contribution >= 0.6 is 0 Å². The molecular weight excluding hydrogens is 384 g/mol. The predicted octanol–water partition coefficient (Wildman–Crippen LogP) is 1.09. The largest absolute Gasteiger partial charge is 0.491 e. The maximum absolute atomic E-state index is 13.0. The minimum absolute atomic E-state index is 0.121. The topological polar surface area (TPSA) is 96.9 Å². The van der Waals surface area contributed by atoms with Gasteiger partial charge in [-0.3, -0.25) is 9.59 Å². The number of rotatable bonds is 5. The second-order valence-corrected chi connectivity index (χ2v) is 8.24. The third kappa shape index (κ3) is 2.80. The zero-order valence-electron chi connectivity index (χ0n) is 16.7. The van der Waals surface area contributed by atoms with Crippen molar-refractivity contribution in [3.8, 4) is 5.75 Å². The van der Waals surface area contributed by atoms with Gasteiger partial charge < -0.3 is 25.2 Å². The molecule has 3 unspecified atom stereocenters. The van der Waals surface area contributed by atoms with E-state index in [1.165, 1.54) is 7.05 Å². The molecule has 0 spiro atoms. The fraction of sp³-hybridized carbons (Fsp3) is 0.391. The summed E-state index contributed by atoms with van der Waals surface area (Å²) in [6.45, 7) is 1.35. The highest BCUT2D eigenvalue weighted by molar-refractivity contribution is 6.02. The highest BCUT2D eigenvalue weighted by Crippen LogP contribution is 2.47. The number of hydrogen-bond acceptors (Lipinski definition) is 5. The zero-order valence-corrected chi connectivity index (χ0v) is 16.7. The molecule has 0 radical (unpaired) electrons. The quantitative estimate of drug-likeness (QED) is 0.688. The normalized spacial score (nSPS) is 28.3. The van der Waals surface area contributed by atoms with Crippen LogP contribution in [0.4, 0.5) is 0 Å². The first kappa shape index (κ1) is 19.1. The molecule has 156 valence electrons. The summed E-state index contributed by atoms with van der Waals surface area (Å²) in [5.41, 5.74) is 1.38. The van der Waals surface area contributed by atoms with Gasteiger partial charge in [-0.05, 0) is 17.7 Å². The van der Waals surface area contributed by atoms with E-state index in [2.05, 4.69) is 10.6 Å². The maximum Gasteiger partial charge on any atom is 0.254 e. The summed E-state index contributed by atoms with van der Waals surface area (Å²) in [6, 6.07) is 13.0. The maximum atomic E-state index is 13.0. The van der Waals surface area contributed by atoms with Crippen molar-refractivity contribution >= 4 is 11.8 Å². The van der Waals surface area contributed by atoms with E-state index in [-0.39, 0.29) is 31.1 Å². The minimum atomic E-state index is -0.834. The molecule has 3 N–H and O–H groups in total. The van der Waals surface area contributed by atoms with E-state index in [4.69, 9.17) is 9.47 Å². The van der Waals surface area contributed by atoms with Gasteiger partial charge in [0.05, 0.1) is 30.8 Å². The Labute approximate surface area is 174 Å². The SMILES string of the molecule is CNC(=O)c1cc(C(=O)NC2C3COCC32)cc2c1OCC2(CO)c1ccccc1. The lowest BCUT2D eigenvalue weighted by Gasteiger charge is -2.26. The standard InChI is InChI=1S/C23H24N2O5/c1-24-22(28)15-7-13(21(27)25-19-16-9-29-10-17(16)19)8-18-20(15)30-12-23(18,11-26)14-5-3-2-4-6-14/h2-8,16-17,19,26H,9-12H2,1H3,(H,24,28)(H,25,27).